The Balaban J connectivity index is 1.73. The highest BCUT2D eigenvalue weighted by Gasteiger charge is 2.09. The molecule has 0 aliphatic rings. The molecule has 0 saturated carbocycles. The maximum Gasteiger partial charge on any atom is 0.274 e. The number of benzene rings is 2. The predicted molar refractivity (Wildman–Crippen MR) is 98.1 cm³/mol. The molecule has 6 heteroatoms. The molecule has 2 aromatic carbocycles. The summed E-state index contributed by atoms with van der Waals surface area (Å²) < 4.78 is 0. The SMILES string of the molecule is N#Cc1ccc(NC(=O)c2cc(Nc3cccc(Cl)c3)ccn2)cc1. The van der Waals surface area contributed by atoms with E-state index in [0.717, 1.165) is 11.4 Å². The number of nitrogens with zero attached hydrogens (tertiary/aromatic N) is 2. The lowest BCUT2D eigenvalue weighted by atomic mass is 10.2. The molecule has 0 aliphatic carbocycles. The lowest BCUT2D eigenvalue weighted by Gasteiger charge is -2.09. The van der Waals surface area contributed by atoms with Crippen LogP contribution in [0.4, 0.5) is 17.1 Å². The first-order chi connectivity index (χ1) is 12.1. The van der Waals surface area contributed by atoms with Gasteiger partial charge in [-0.3, -0.25) is 9.78 Å². The molecule has 1 heterocycles. The Morgan fingerprint density at radius 3 is 2.48 bits per heavy atom. The van der Waals surface area contributed by atoms with E-state index in [9.17, 15) is 4.79 Å². The van der Waals surface area contributed by atoms with Crippen LogP contribution in [0.25, 0.3) is 0 Å². The standard InChI is InChI=1S/C19H13ClN4O/c20-14-2-1-3-16(10-14)23-17-8-9-22-18(11-17)19(25)24-15-6-4-13(12-21)5-7-15/h1-11H,(H,22,23)(H,24,25). The number of hydrogen-bond acceptors (Lipinski definition) is 4. The van der Waals surface area contributed by atoms with Crippen molar-refractivity contribution in [2.75, 3.05) is 10.6 Å². The lowest BCUT2D eigenvalue weighted by Crippen LogP contribution is -2.13. The van der Waals surface area contributed by atoms with Crippen molar-refractivity contribution in [3.8, 4) is 6.07 Å². The minimum absolute atomic E-state index is 0.274. The van der Waals surface area contributed by atoms with Gasteiger partial charge in [-0.2, -0.15) is 5.26 Å². The molecular formula is C19H13ClN4O. The van der Waals surface area contributed by atoms with Gasteiger partial charge in [-0.05, 0) is 54.6 Å². The molecule has 0 spiro atoms. The average molecular weight is 349 g/mol. The smallest absolute Gasteiger partial charge is 0.274 e. The highest BCUT2D eigenvalue weighted by Crippen LogP contribution is 2.20. The van der Waals surface area contributed by atoms with Crippen LogP contribution in [0.1, 0.15) is 16.1 Å². The molecule has 0 aliphatic heterocycles. The van der Waals surface area contributed by atoms with E-state index in [1.54, 1.807) is 54.7 Å². The number of rotatable bonds is 4. The first-order valence-electron chi connectivity index (χ1n) is 7.44. The third-order valence-electron chi connectivity index (χ3n) is 3.38. The third-order valence-corrected chi connectivity index (χ3v) is 3.61. The summed E-state index contributed by atoms with van der Waals surface area (Å²) in [7, 11) is 0. The maximum atomic E-state index is 12.3. The zero-order valence-electron chi connectivity index (χ0n) is 13.0. The van der Waals surface area contributed by atoms with Gasteiger partial charge in [0.1, 0.15) is 5.69 Å². The molecule has 0 radical (unpaired) electrons. The molecule has 0 unspecified atom stereocenters. The summed E-state index contributed by atoms with van der Waals surface area (Å²) in [5.41, 5.74) is 2.94. The zero-order valence-corrected chi connectivity index (χ0v) is 13.8. The predicted octanol–water partition coefficient (Wildman–Crippen LogP) is 4.60. The molecular weight excluding hydrogens is 336 g/mol. The van der Waals surface area contributed by atoms with E-state index in [0.29, 0.717) is 16.3 Å². The Bertz CT molecular complexity index is 948. The van der Waals surface area contributed by atoms with Crippen LogP contribution in [0, 0.1) is 11.3 Å². The topological polar surface area (TPSA) is 77.8 Å². The number of carbonyl (C=O) groups is 1. The van der Waals surface area contributed by atoms with Crippen LogP contribution in [0.3, 0.4) is 0 Å². The van der Waals surface area contributed by atoms with Crippen molar-refractivity contribution in [3.63, 3.8) is 0 Å². The number of carbonyl (C=O) groups excluding carboxylic acids is 1. The fourth-order valence-corrected chi connectivity index (χ4v) is 2.38. The summed E-state index contributed by atoms with van der Waals surface area (Å²) in [4.78, 5) is 16.4. The molecule has 1 aromatic heterocycles. The van der Waals surface area contributed by atoms with Crippen LogP contribution in [0.15, 0.2) is 66.9 Å². The van der Waals surface area contributed by atoms with Crippen molar-refractivity contribution < 1.29 is 4.79 Å². The van der Waals surface area contributed by atoms with Gasteiger partial charge in [0, 0.05) is 28.3 Å². The van der Waals surface area contributed by atoms with Crippen molar-refractivity contribution in [1.29, 1.82) is 5.26 Å². The summed E-state index contributed by atoms with van der Waals surface area (Å²) in [5, 5.41) is 15.3. The van der Waals surface area contributed by atoms with Crippen molar-refractivity contribution in [3.05, 3.63) is 83.1 Å². The minimum atomic E-state index is -0.334. The first-order valence-corrected chi connectivity index (χ1v) is 7.82. The van der Waals surface area contributed by atoms with Crippen LogP contribution in [0.2, 0.25) is 5.02 Å². The van der Waals surface area contributed by atoms with Gasteiger partial charge in [0.2, 0.25) is 0 Å². The molecule has 0 bridgehead atoms. The highest BCUT2D eigenvalue weighted by atomic mass is 35.5. The molecule has 2 N–H and O–H groups in total. The molecule has 1 amide bonds. The van der Waals surface area contributed by atoms with Crippen LogP contribution in [-0.2, 0) is 0 Å². The van der Waals surface area contributed by atoms with Crippen molar-refractivity contribution in [2.45, 2.75) is 0 Å². The normalized spacial score (nSPS) is 9.92. The van der Waals surface area contributed by atoms with E-state index >= 15 is 0 Å². The monoisotopic (exact) mass is 348 g/mol. The quantitative estimate of drug-likeness (QED) is 0.722. The van der Waals surface area contributed by atoms with Gasteiger partial charge >= 0.3 is 0 Å². The minimum Gasteiger partial charge on any atom is -0.355 e. The number of nitrogens with one attached hydrogen (secondary N) is 2. The van der Waals surface area contributed by atoms with Gasteiger partial charge in [-0.25, -0.2) is 0 Å². The number of amides is 1. The molecule has 25 heavy (non-hydrogen) atoms. The maximum absolute atomic E-state index is 12.3. The molecule has 3 rings (SSSR count). The van der Waals surface area contributed by atoms with E-state index in [4.69, 9.17) is 16.9 Å². The molecule has 0 atom stereocenters. The Kier molecular flexibility index (Phi) is 4.93. The van der Waals surface area contributed by atoms with Crippen LogP contribution in [0.5, 0.6) is 0 Å². The van der Waals surface area contributed by atoms with E-state index in [-0.39, 0.29) is 11.6 Å². The van der Waals surface area contributed by atoms with Gasteiger partial charge in [-0.15, -0.1) is 0 Å². The Morgan fingerprint density at radius 1 is 1.00 bits per heavy atom. The fraction of sp³-hybridized carbons (Fsp3) is 0. The summed E-state index contributed by atoms with van der Waals surface area (Å²) in [6.07, 6.45) is 1.56. The number of pyridine rings is 1. The molecule has 3 aromatic rings. The second kappa shape index (κ2) is 7.47. The summed E-state index contributed by atoms with van der Waals surface area (Å²) in [5.74, 6) is -0.334. The molecule has 122 valence electrons. The van der Waals surface area contributed by atoms with Gasteiger partial charge in [0.25, 0.3) is 5.91 Å². The third kappa shape index (κ3) is 4.34. The van der Waals surface area contributed by atoms with Gasteiger partial charge < -0.3 is 10.6 Å². The summed E-state index contributed by atoms with van der Waals surface area (Å²) >= 11 is 5.97. The number of aromatic nitrogens is 1. The van der Waals surface area contributed by atoms with Gasteiger partial charge in [0.15, 0.2) is 0 Å². The van der Waals surface area contributed by atoms with Crippen molar-refractivity contribution in [2.24, 2.45) is 0 Å². The van der Waals surface area contributed by atoms with E-state index in [1.165, 1.54) is 0 Å². The van der Waals surface area contributed by atoms with E-state index in [2.05, 4.69) is 15.6 Å². The van der Waals surface area contributed by atoms with Crippen LogP contribution in [-0.4, -0.2) is 10.9 Å². The highest BCUT2D eigenvalue weighted by molar-refractivity contribution is 6.30. The Labute approximate surface area is 149 Å². The van der Waals surface area contributed by atoms with Gasteiger partial charge in [0.05, 0.1) is 11.6 Å². The van der Waals surface area contributed by atoms with Crippen molar-refractivity contribution in [1.82, 2.24) is 4.98 Å². The molecule has 0 fully saturated rings. The van der Waals surface area contributed by atoms with Crippen molar-refractivity contribution >= 4 is 34.6 Å². The summed E-state index contributed by atoms with van der Waals surface area (Å²) in [6, 6.07) is 19.4. The average Bonchev–Trinajstić information content (AvgIpc) is 2.62. The van der Waals surface area contributed by atoms with Crippen LogP contribution >= 0.6 is 11.6 Å². The fourth-order valence-electron chi connectivity index (χ4n) is 2.19. The van der Waals surface area contributed by atoms with Gasteiger partial charge in [-0.1, -0.05) is 17.7 Å². The second-order valence-electron chi connectivity index (χ2n) is 5.21. The number of hydrogen-bond donors (Lipinski definition) is 2. The van der Waals surface area contributed by atoms with E-state index in [1.807, 2.05) is 18.2 Å². The number of anilines is 3. The second-order valence-corrected chi connectivity index (χ2v) is 5.64. The lowest BCUT2D eigenvalue weighted by molar-refractivity contribution is 0.102. The Hall–Kier alpha value is -3.36. The number of nitriles is 1. The first kappa shape index (κ1) is 16.5. The number of halogens is 1. The van der Waals surface area contributed by atoms with E-state index < -0.39 is 0 Å². The zero-order chi connectivity index (χ0) is 17.6. The molecule has 5 nitrogen and oxygen atoms in total. The Morgan fingerprint density at radius 2 is 1.76 bits per heavy atom. The summed E-state index contributed by atoms with van der Waals surface area (Å²) in [6.45, 7) is 0. The molecule has 0 saturated heterocycles. The largest absolute Gasteiger partial charge is 0.355 e. The van der Waals surface area contributed by atoms with Crippen LogP contribution < -0.4 is 10.6 Å².